The molecule has 3 rings (SSSR count). The number of carbonyl (C=O) groups is 1. The summed E-state index contributed by atoms with van der Waals surface area (Å²) in [6, 6.07) is 9.43. The van der Waals surface area contributed by atoms with Crippen molar-refractivity contribution in [3.8, 4) is 0 Å². The number of furan rings is 1. The average Bonchev–Trinajstić information content (AvgIpc) is 3.18. The molecular formula is C16H10N2O5. The number of benzene rings is 1. The van der Waals surface area contributed by atoms with Crippen LogP contribution in [0.2, 0.25) is 0 Å². The van der Waals surface area contributed by atoms with Crippen molar-refractivity contribution in [3.05, 3.63) is 81.9 Å². The normalized spacial score (nSPS) is 15.9. The molecule has 114 valence electrons. The zero-order valence-corrected chi connectivity index (χ0v) is 11.7. The van der Waals surface area contributed by atoms with Gasteiger partial charge in [-0.05, 0) is 23.8 Å². The molecule has 0 atom stereocenters. The van der Waals surface area contributed by atoms with Crippen LogP contribution in [0.1, 0.15) is 11.3 Å². The molecule has 0 amide bonds. The molecule has 0 N–H and O–H groups in total. The highest BCUT2D eigenvalue weighted by atomic mass is 16.6. The van der Waals surface area contributed by atoms with Crippen molar-refractivity contribution in [2.45, 2.75) is 0 Å². The number of rotatable bonds is 4. The van der Waals surface area contributed by atoms with E-state index < -0.39 is 10.9 Å². The Kier molecular flexibility index (Phi) is 3.84. The zero-order chi connectivity index (χ0) is 16.2. The Morgan fingerprint density at radius 1 is 1.22 bits per heavy atom. The molecule has 0 aliphatic carbocycles. The van der Waals surface area contributed by atoms with Gasteiger partial charge in [0.1, 0.15) is 0 Å². The minimum Gasteiger partial charge on any atom is -0.459 e. The number of cyclic esters (lactones) is 1. The maximum absolute atomic E-state index is 11.7. The number of nitro benzene ring substituents is 1. The maximum Gasteiger partial charge on any atom is 0.363 e. The molecule has 1 aliphatic rings. The number of carbonyl (C=O) groups excluding carboxylic acids is 1. The van der Waals surface area contributed by atoms with Crippen LogP contribution in [0.3, 0.4) is 0 Å². The molecule has 7 heteroatoms. The fraction of sp³-hybridized carbons (Fsp3) is 0. The number of hydrogen-bond acceptors (Lipinski definition) is 6. The van der Waals surface area contributed by atoms with Gasteiger partial charge in [0.15, 0.2) is 11.5 Å². The number of esters is 1. The quantitative estimate of drug-likeness (QED) is 0.374. The van der Waals surface area contributed by atoms with E-state index in [0.29, 0.717) is 11.3 Å². The van der Waals surface area contributed by atoms with Crippen molar-refractivity contribution in [2.24, 2.45) is 4.99 Å². The van der Waals surface area contributed by atoms with E-state index in [9.17, 15) is 14.9 Å². The molecule has 23 heavy (non-hydrogen) atoms. The van der Waals surface area contributed by atoms with E-state index >= 15 is 0 Å². The molecule has 0 bridgehead atoms. The van der Waals surface area contributed by atoms with Gasteiger partial charge in [-0.2, -0.15) is 0 Å². The molecule has 0 spiro atoms. The standard InChI is InChI=1S/C16H10N2O5/c19-16-13(17-15(23-16)14-8-3-9-22-14)7-2-5-11-4-1-6-12(10-11)18(20)21/h1-10H/b5-2+,13-7-. The molecule has 7 nitrogen and oxygen atoms in total. The number of allylic oxidation sites excluding steroid dienone is 2. The first-order chi connectivity index (χ1) is 11.1. The zero-order valence-electron chi connectivity index (χ0n) is 11.7. The molecule has 2 heterocycles. The van der Waals surface area contributed by atoms with E-state index in [-0.39, 0.29) is 17.3 Å². The Balaban J connectivity index is 1.78. The van der Waals surface area contributed by atoms with Gasteiger partial charge < -0.3 is 9.15 Å². The lowest BCUT2D eigenvalue weighted by Crippen LogP contribution is -2.03. The number of hydrogen-bond donors (Lipinski definition) is 0. The molecular weight excluding hydrogens is 300 g/mol. The van der Waals surface area contributed by atoms with Crippen LogP contribution in [0.5, 0.6) is 0 Å². The summed E-state index contributed by atoms with van der Waals surface area (Å²) in [6.45, 7) is 0. The minimum absolute atomic E-state index is 0.00166. The van der Waals surface area contributed by atoms with Crippen molar-refractivity contribution < 1.29 is 18.9 Å². The van der Waals surface area contributed by atoms with Gasteiger partial charge in [0.25, 0.3) is 11.6 Å². The molecule has 1 aromatic carbocycles. The van der Waals surface area contributed by atoms with E-state index in [1.165, 1.54) is 24.5 Å². The topological polar surface area (TPSA) is 94.9 Å². The highest BCUT2D eigenvalue weighted by molar-refractivity contribution is 6.10. The molecule has 0 radical (unpaired) electrons. The molecule has 0 unspecified atom stereocenters. The van der Waals surface area contributed by atoms with Crippen molar-refractivity contribution in [2.75, 3.05) is 0 Å². The fourth-order valence-electron chi connectivity index (χ4n) is 1.92. The predicted molar refractivity (Wildman–Crippen MR) is 81.6 cm³/mol. The van der Waals surface area contributed by atoms with E-state index in [1.807, 2.05) is 0 Å². The lowest BCUT2D eigenvalue weighted by molar-refractivity contribution is -0.384. The Bertz CT molecular complexity index is 847. The summed E-state index contributed by atoms with van der Waals surface area (Å²) in [5.41, 5.74) is 0.758. The van der Waals surface area contributed by atoms with E-state index in [2.05, 4.69) is 4.99 Å². The first kappa shape index (κ1) is 14.5. The van der Waals surface area contributed by atoms with E-state index in [1.54, 1.807) is 36.4 Å². The molecule has 0 fully saturated rings. The van der Waals surface area contributed by atoms with Gasteiger partial charge in [-0.3, -0.25) is 10.1 Å². The third-order valence-corrected chi connectivity index (χ3v) is 2.98. The number of nitro groups is 1. The largest absolute Gasteiger partial charge is 0.459 e. The van der Waals surface area contributed by atoms with Crippen LogP contribution in [-0.2, 0) is 9.53 Å². The van der Waals surface area contributed by atoms with Crippen molar-refractivity contribution >= 4 is 23.6 Å². The fourth-order valence-corrected chi connectivity index (χ4v) is 1.92. The third kappa shape index (κ3) is 3.24. The maximum atomic E-state index is 11.7. The smallest absolute Gasteiger partial charge is 0.363 e. The number of aliphatic imine (C=N–C) groups is 1. The number of nitrogens with zero attached hydrogens (tertiary/aromatic N) is 2. The minimum atomic E-state index is -0.583. The predicted octanol–water partition coefficient (Wildman–Crippen LogP) is 3.09. The van der Waals surface area contributed by atoms with Crippen LogP contribution in [0.25, 0.3) is 6.08 Å². The lowest BCUT2D eigenvalue weighted by Gasteiger charge is -1.93. The van der Waals surface area contributed by atoms with Crippen molar-refractivity contribution in [1.82, 2.24) is 0 Å². The van der Waals surface area contributed by atoms with Gasteiger partial charge in [-0.15, -0.1) is 0 Å². The van der Waals surface area contributed by atoms with Gasteiger partial charge in [-0.1, -0.05) is 24.3 Å². The molecule has 0 saturated heterocycles. The van der Waals surface area contributed by atoms with Crippen LogP contribution in [0.4, 0.5) is 5.69 Å². The van der Waals surface area contributed by atoms with Crippen LogP contribution < -0.4 is 0 Å². The first-order valence-corrected chi connectivity index (χ1v) is 6.61. The lowest BCUT2D eigenvalue weighted by atomic mass is 10.2. The van der Waals surface area contributed by atoms with Crippen LogP contribution in [0.15, 0.2) is 69.9 Å². The second-order valence-corrected chi connectivity index (χ2v) is 4.55. The summed E-state index contributed by atoms with van der Waals surface area (Å²) >= 11 is 0. The van der Waals surface area contributed by atoms with E-state index in [4.69, 9.17) is 9.15 Å². The van der Waals surface area contributed by atoms with E-state index in [0.717, 1.165) is 0 Å². The molecule has 1 aromatic heterocycles. The van der Waals surface area contributed by atoms with Crippen LogP contribution in [-0.4, -0.2) is 16.8 Å². The monoisotopic (exact) mass is 310 g/mol. The summed E-state index contributed by atoms with van der Waals surface area (Å²) in [5, 5.41) is 10.7. The summed E-state index contributed by atoms with van der Waals surface area (Å²) in [5.74, 6) is -0.112. The third-order valence-electron chi connectivity index (χ3n) is 2.98. The van der Waals surface area contributed by atoms with Gasteiger partial charge in [0, 0.05) is 12.1 Å². The summed E-state index contributed by atoms with van der Waals surface area (Å²) in [6.07, 6.45) is 6.13. The Labute approximate surface area is 130 Å². The highest BCUT2D eigenvalue weighted by Gasteiger charge is 2.25. The first-order valence-electron chi connectivity index (χ1n) is 6.61. The summed E-state index contributed by atoms with van der Waals surface area (Å²) in [4.78, 5) is 26.0. The molecule has 0 saturated carbocycles. The second-order valence-electron chi connectivity index (χ2n) is 4.55. The highest BCUT2D eigenvalue weighted by Crippen LogP contribution is 2.18. The summed E-state index contributed by atoms with van der Waals surface area (Å²) < 4.78 is 10.1. The Morgan fingerprint density at radius 3 is 2.83 bits per heavy atom. The Hall–Kier alpha value is -3.48. The van der Waals surface area contributed by atoms with Crippen LogP contribution in [0, 0.1) is 10.1 Å². The average molecular weight is 310 g/mol. The Morgan fingerprint density at radius 2 is 2.09 bits per heavy atom. The molecule has 1 aliphatic heterocycles. The van der Waals surface area contributed by atoms with Crippen LogP contribution >= 0.6 is 0 Å². The second kappa shape index (κ2) is 6.10. The molecule has 2 aromatic rings. The van der Waals surface area contributed by atoms with Gasteiger partial charge >= 0.3 is 5.97 Å². The van der Waals surface area contributed by atoms with Crippen molar-refractivity contribution in [3.63, 3.8) is 0 Å². The van der Waals surface area contributed by atoms with Gasteiger partial charge in [0.2, 0.25) is 0 Å². The number of ether oxygens (including phenoxy) is 1. The van der Waals surface area contributed by atoms with Crippen molar-refractivity contribution in [1.29, 1.82) is 0 Å². The summed E-state index contributed by atoms with van der Waals surface area (Å²) in [7, 11) is 0. The van der Waals surface area contributed by atoms with Gasteiger partial charge in [0.05, 0.1) is 11.2 Å². The number of non-ortho nitro benzene ring substituents is 1. The van der Waals surface area contributed by atoms with Gasteiger partial charge in [-0.25, -0.2) is 9.79 Å². The SMILES string of the molecule is O=C1OC(c2ccco2)=N/C1=C\C=C\c1cccc([N+](=O)[O-])c1.